The van der Waals surface area contributed by atoms with Crippen LogP contribution in [0.2, 0.25) is 5.02 Å². The molecule has 5 heteroatoms. The molecule has 1 aromatic heterocycles. The summed E-state index contributed by atoms with van der Waals surface area (Å²) in [5.41, 5.74) is 1.77. The van der Waals surface area contributed by atoms with E-state index in [0.29, 0.717) is 5.02 Å². The normalized spacial score (nSPS) is 26.8. The van der Waals surface area contributed by atoms with E-state index in [9.17, 15) is 9.59 Å². The molecule has 0 N–H and O–H groups in total. The summed E-state index contributed by atoms with van der Waals surface area (Å²) in [4.78, 5) is 30.1. The summed E-state index contributed by atoms with van der Waals surface area (Å²) in [6, 6.07) is 7.60. The third-order valence-corrected chi connectivity index (χ3v) is 7.43. The van der Waals surface area contributed by atoms with E-state index in [4.69, 9.17) is 16.6 Å². The molecule has 2 aliphatic rings. The van der Waals surface area contributed by atoms with E-state index < -0.39 is 5.92 Å². The molecule has 0 amide bonds. The van der Waals surface area contributed by atoms with E-state index >= 15 is 0 Å². The molecule has 2 unspecified atom stereocenters. The Hall–Kier alpha value is -1.22. The van der Waals surface area contributed by atoms with Gasteiger partial charge >= 0.3 is 146 Å². The predicted molar refractivity (Wildman–Crippen MR) is 89.9 cm³/mol. The Bertz CT molecular complexity index is 774. The standard InChI is InChI=1S/C18H16ClNO2Se/c1-9-15(14-16(21)11-2-3-12(8-11)17(14)22)20-18(23-9)10-4-6-13(19)7-5-10/h4-7,11-12,14H,2-3,8H2,1H3. The first-order valence-electron chi connectivity index (χ1n) is 7.85. The average Bonchev–Trinajstić information content (AvgIpc) is 3.13. The van der Waals surface area contributed by atoms with Gasteiger partial charge in [-0.15, -0.1) is 0 Å². The van der Waals surface area contributed by atoms with Gasteiger partial charge in [-0.2, -0.15) is 0 Å². The zero-order chi connectivity index (χ0) is 16.1. The van der Waals surface area contributed by atoms with Gasteiger partial charge in [0, 0.05) is 0 Å². The van der Waals surface area contributed by atoms with E-state index in [2.05, 4.69) is 0 Å². The minimum absolute atomic E-state index is 0.0697. The monoisotopic (exact) mass is 393 g/mol. The first kappa shape index (κ1) is 15.3. The van der Waals surface area contributed by atoms with Crippen LogP contribution in [0.15, 0.2) is 24.3 Å². The summed E-state index contributed by atoms with van der Waals surface area (Å²) in [6.07, 6.45) is 2.51. The second-order valence-corrected chi connectivity index (χ2v) is 9.37. The number of rotatable bonds is 2. The fourth-order valence-corrected chi connectivity index (χ4v) is 5.90. The van der Waals surface area contributed by atoms with Gasteiger partial charge in [0.05, 0.1) is 0 Å². The van der Waals surface area contributed by atoms with Crippen LogP contribution in [0, 0.1) is 18.8 Å². The third-order valence-electron chi connectivity index (χ3n) is 5.00. The van der Waals surface area contributed by atoms with Crippen LogP contribution < -0.4 is 0 Å². The summed E-state index contributed by atoms with van der Waals surface area (Å²) in [5, 5.41) is 0.693. The summed E-state index contributed by atoms with van der Waals surface area (Å²) in [5.74, 6) is -0.242. The molecule has 2 fully saturated rings. The number of ketones is 2. The van der Waals surface area contributed by atoms with Crippen LogP contribution in [0.25, 0.3) is 10.1 Å². The van der Waals surface area contributed by atoms with Gasteiger partial charge in [-0.05, 0) is 0 Å². The number of hydrogen-bond acceptors (Lipinski definition) is 3. The fraction of sp³-hybridized carbons (Fsp3) is 0.389. The van der Waals surface area contributed by atoms with Crippen molar-refractivity contribution in [1.29, 1.82) is 0 Å². The Morgan fingerprint density at radius 2 is 1.70 bits per heavy atom. The van der Waals surface area contributed by atoms with E-state index in [1.54, 1.807) is 0 Å². The van der Waals surface area contributed by atoms with E-state index in [1.165, 1.54) is 0 Å². The number of aromatic nitrogens is 1. The molecule has 2 bridgehead atoms. The van der Waals surface area contributed by atoms with Crippen molar-refractivity contribution in [3.63, 3.8) is 0 Å². The molecule has 2 aliphatic carbocycles. The average molecular weight is 393 g/mol. The van der Waals surface area contributed by atoms with Crippen molar-refractivity contribution in [2.45, 2.75) is 32.1 Å². The summed E-state index contributed by atoms with van der Waals surface area (Å²) >= 11 is 6.01. The molecule has 2 atom stereocenters. The maximum absolute atomic E-state index is 12.7. The molecule has 118 valence electrons. The number of benzene rings is 1. The number of aryl methyl sites for hydroxylation is 1. The SMILES string of the molecule is Cc1[se]c(-c2ccc(Cl)cc2)nc1C1C(=O)C2CCC(C2)C1=O. The van der Waals surface area contributed by atoms with Gasteiger partial charge in [0.25, 0.3) is 0 Å². The fourth-order valence-electron chi connectivity index (χ4n) is 3.77. The molecule has 0 aliphatic heterocycles. The number of hydrogen-bond donors (Lipinski definition) is 0. The molecular formula is C18H16ClNO2Se. The van der Waals surface area contributed by atoms with Crippen molar-refractivity contribution in [1.82, 2.24) is 4.98 Å². The second kappa shape index (κ2) is 5.70. The Balaban J connectivity index is 1.73. The molecule has 0 radical (unpaired) electrons. The van der Waals surface area contributed by atoms with Gasteiger partial charge in [0.15, 0.2) is 0 Å². The number of fused-ring (bicyclic) bond motifs is 2. The van der Waals surface area contributed by atoms with Gasteiger partial charge in [-0.3, -0.25) is 0 Å². The van der Waals surface area contributed by atoms with E-state index in [-0.39, 0.29) is 37.9 Å². The molecular weight excluding hydrogens is 377 g/mol. The predicted octanol–water partition coefficient (Wildman–Crippen LogP) is 3.42. The molecule has 1 aromatic carbocycles. The van der Waals surface area contributed by atoms with E-state index in [0.717, 1.165) is 39.5 Å². The number of nitrogens with zero attached hydrogens (tertiary/aromatic N) is 1. The van der Waals surface area contributed by atoms with Crippen molar-refractivity contribution < 1.29 is 9.59 Å². The first-order valence-corrected chi connectivity index (χ1v) is 9.94. The van der Waals surface area contributed by atoms with Gasteiger partial charge in [-0.1, -0.05) is 0 Å². The Morgan fingerprint density at radius 3 is 2.30 bits per heavy atom. The van der Waals surface area contributed by atoms with Crippen LogP contribution in [-0.2, 0) is 9.59 Å². The Morgan fingerprint density at radius 1 is 1.09 bits per heavy atom. The van der Waals surface area contributed by atoms with Crippen LogP contribution in [0.4, 0.5) is 0 Å². The van der Waals surface area contributed by atoms with Crippen molar-refractivity contribution >= 4 is 37.7 Å². The summed E-state index contributed by atoms with van der Waals surface area (Å²) < 4.78 is 2.09. The molecule has 2 aromatic rings. The van der Waals surface area contributed by atoms with Crippen LogP contribution >= 0.6 is 11.6 Å². The van der Waals surface area contributed by atoms with Crippen LogP contribution in [0.5, 0.6) is 0 Å². The maximum atomic E-state index is 12.7. The topological polar surface area (TPSA) is 47.0 Å². The van der Waals surface area contributed by atoms with Crippen molar-refractivity contribution in [3.05, 3.63) is 39.4 Å². The summed E-state index contributed by atoms with van der Waals surface area (Å²) in [7, 11) is 0. The molecule has 3 nitrogen and oxygen atoms in total. The zero-order valence-corrected chi connectivity index (χ0v) is 15.2. The number of Topliss-reactive ketones (excluding diaryl/α,β-unsaturated/α-hetero) is 2. The van der Waals surface area contributed by atoms with Gasteiger partial charge in [0.1, 0.15) is 0 Å². The first-order chi connectivity index (χ1) is 11.0. The molecule has 0 saturated heterocycles. The van der Waals surface area contributed by atoms with Crippen LogP contribution in [0.3, 0.4) is 0 Å². The Kier molecular flexibility index (Phi) is 3.79. The molecule has 2 saturated carbocycles. The van der Waals surface area contributed by atoms with E-state index in [1.807, 2.05) is 31.2 Å². The Labute approximate surface area is 145 Å². The quantitative estimate of drug-likeness (QED) is 0.581. The summed E-state index contributed by atoms with van der Waals surface area (Å²) in [6.45, 7) is 2.01. The number of carbonyl (C=O) groups is 2. The van der Waals surface area contributed by atoms with Crippen molar-refractivity contribution in [2.24, 2.45) is 11.8 Å². The van der Waals surface area contributed by atoms with Gasteiger partial charge in [-0.25, -0.2) is 0 Å². The minimum atomic E-state index is -0.604. The molecule has 4 rings (SSSR count). The van der Waals surface area contributed by atoms with Crippen LogP contribution in [-0.4, -0.2) is 31.1 Å². The van der Waals surface area contributed by atoms with Gasteiger partial charge < -0.3 is 0 Å². The molecule has 1 heterocycles. The zero-order valence-electron chi connectivity index (χ0n) is 12.7. The van der Waals surface area contributed by atoms with Crippen LogP contribution in [0.1, 0.15) is 35.3 Å². The number of carbonyl (C=O) groups excluding carboxylic acids is 2. The third kappa shape index (κ3) is 2.53. The van der Waals surface area contributed by atoms with Crippen molar-refractivity contribution in [2.75, 3.05) is 0 Å². The van der Waals surface area contributed by atoms with Gasteiger partial charge in [0.2, 0.25) is 0 Å². The second-order valence-electron chi connectivity index (χ2n) is 6.41. The van der Waals surface area contributed by atoms with Crippen molar-refractivity contribution in [3.8, 4) is 10.1 Å². The molecule has 0 spiro atoms. The molecule has 23 heavy (non-hydrogen) atoms. The number of halogens is 1.